The zero-order chi connectivity index (χ0) is 15.5. The largest absolute Gasteiger partial charge is 0.303 e. The third kappa shape index (κ3) is 3.76. The van der Waals surface area contributed by atoms with Crippen molar-refractivity contribution in [3.05, 3.63) is 65.5 Å². The molecule has 1 atom stereocenters. The van der Waals surface area contributed by atoms with Crippen LogP contribution in [-0.4, -0.2) is 21.0 Å². The maximum atomic E-state index is 13.0. The van der Waals surface area contributed by atoms with Gasteiger partial charge in [0, 0.05) is 18.6 Å². The predicted octanol–water partition coefficient (Wildman–Crippen LogP) is 2.95. The molecule has 5 heteroatoms. The zero-order valence-electron chi connectivity index (χ0n) is 11.5. The minimum Gasteiger partial charge on any atom is -0.303 e. The fourth-order valence-corrected chi connectivity index (χ4v) is 2.83. The first kappa shape index (κ1) is 15.4. The molecule has 21 heavy (non-hydrogen) atoms. The van der Waals surface area contributed by atoms with Gasteiger partial charge in [-0.15, -0.1) is 0 Å². The van der Waals surface area contributed by atoms with E-state index in [9.17, 15) is 17.6 Å². The fraction of sp³-hybridized carbons (Fsp3) is 0.188. The number of hydrogen-bond donors (Lipinski definition) is 0. The van der Waals surface area contributed by atoms with Crippen molar-refractivity contribution in [1.29, 1.82) is 0 Å². The third-order valence-electron chi connectivity index (χ3n) is 3.31. The Morgan fingerprint density at radius 3 is 1.90 bits per heavy atom. The van der Waals surface area contributed by atoms with Gasteiger partial charge in [0.25, 0.3) is 0 Å². The van der Waals surface area contributed by atoms with Crippen LogP contribution in [0.4, 0.5) is 4.39 Å². The van der Waals surface area contributed by atoms with Crippen LogP contribution in [-0.2, 0) is 14.6 Å². The highest BCUT2D eigenvalue weighted by Gasteiger charge is 2.15. The Morgan fingerprint density at radius 2 is 1.48 bits per heavy atom. The zero-order valence-corrected chi connectivity index (χ0v) is 12.3. The number of aldehydes is 1. The minimum absolute atomic E-state index is 0.211. The van der Waals surface area contributed by atoms with Crippen molar-refractivity contribution in [2.75, 3.05) is 6.26 Å². The van der Waals surface area contributed by atoms with E-state index in [4.69, 9.17) is 0 Å². The van der Waals surface area contributed by atoms with Crippen LogP contribution in [0.1, 0.15) is 23.5 Å². The number of benzene rings is 2. The molecule has 0 amide bonds. The molecule has 0 aromatic heterocycles. The van der Waals surface area contributed by atoms with E-state index in [2.05, 4.69) is 0 Å². The van der Waals surface area contributed by atoms with Crippen LogP contribution in [0.5, 0.6) is 0 Å². The number of hydrogen-bond acceptors (Lipinski definition) is 3. The third-order valence-corrected chi connectivity index (χ3v) is 4.44. The Hall–Kier alpha value is -2.01. The second-order valence-corrected chi connectivity index (χ2v) is 6.86. The number of rotatable bonds is 5. The van der Waals surface area contributed by atoms with Crippen molar-refractivity contribution in [2.45, 2.75) is 17.2 Å². The van der Waals surface area contributed by atoms with E-state index in [1.807, 2.05) is 0 Å². The topological polar surface area (TPSA) is 51.2 Å². The van der Waals surface area contributed by atoms with Gasteiger partial charge in [-0.05, 0) is 35.4 Å². The molecule has 0 radical (unpaired) electrons. The Kier molecular flexibility index (Phi) is 4.53. The van der Waals surface area contributed by atoms with Crippen molar-refractivity contribution in [1.82, 2.24) is 0 Å². The standard InChI is InChI=1S/C16H15FO3S/c1-21(19,20)15-8-4-13(5-9-15)16(10-11-18)12-2-6-14(17)7-3-12/h2-9,11,16H,10H2,1H3/t16-/m0/s1. The summed E-state index contributed by atoms with van der Waals surface area (Å²) < 4.78 is 35.9. The lowest BCUT2D eigenvalue weighted by molar-refractivity contribution is -0.108. The maximum Gasteiger partial charge on any atom is 0.175 e. The number of sulfone groups is 1. The Bertz CT molecular complexity index is 719. The summed E-state index contributed by atoms with van der Waals surface area (Å²) >= 11 is 0. The first-order valence-electron chi connectivity index (χ1n) is 6.41. The van der Waals surface area contributed by atoms with Gasteiger partial charge in [0.05, 0.1) is 4.90 Å². The summed E-state index contributed by atoms with van der Waals surface area (Å²) in [5, 5.41) is 0. The van der Waals surface area contributed by atoms with Crippen molar-refractivity contribution in [2.24, 2.45) is 0 Å². The summed E-state index contributed by atoms with van der Waals surface area (Å²) in [5.74, 6) is -0.548. The van der Waals surface area contributed by atoms with Gasteiger partial charge >= 0.3 is 0 Å². The van der Waals surface area contributed by atoms with Gasteiger partial charge in [-0.25, -0.2) is 12.8 Å². The van der Waals surface area contributed by atoms with E-state index in [1.165, 1.54) is 24.3 Å². The summed E-state index contributed by atoms with van der Waals surface area (Å²) in [6.45, 7) is 0. The van der Waals surface area contributed by atoms with Crippen LogP contribution >= 0.6 is 0 Å². The summed E-state index contributed by atoms with van der Waals surface area (Å²) in [5.41, 5.74) is 1.64. The Balaban J connectivity index is 2.38. The van der Waals surface area contributed by atoms with Crippen LogP contribution < -0.4 is 0 Å². The molecule has 2 rings (SSSR count). The molecule has 0 N–H and O–H groups in total. The number of halogens is 1. The summed E-state index contributed by atoms with van der Waals surface area (Å²) in [7, 11) is -3.25. The highest BCUT2D eigenvalue weighted by atomic mass is 32.2. The lowest BCUT2D eigenvalue weighted by Crippen LogP contribution is -2.03. The molecule has 0 saturated carbocycles. The summed E-state index contributed by atoms with van der Waals surface area (Å²) in [4.78, 5) is 11.1. The Morgan fingerprint density at radius 1 is 1.00 bits per heavy atom. The maximum absolute atomic E-state index is 13.0. The average Bonchev–Trinajstić information content (AvgIpc) is 2.45. The second kappa shape index (κ2) is 6.18. The van der Waals surface area contributed by atoms with Crippen LogP contribution in [0.25, 0.3) is 0 Å². The normalized spacial score (nSPS) is 12.9. The van der Waals surface area contributed by atoms with E-state index in [0.29, 0.717) is 0 Å². The summed E-state index contributed by atoms with van der Waals surface area (Å²) in [6.07, 6.45) is 2.20. The molecule has 110 valence electrons. The molecule has 0 spiro atoms. The molecule has 0 saturated heterocycles. The van der Waals surface area contributed by atoms with Crippen LogP contribution in [0, 0.1) is 5.82 Å². The molecule has 0 bridgehead atoms. The number of carbonyl (C=O) groups is 1. The lowest BCUT2D eigenvalue weighted by Gasteiger charge is -2.15. The van der Waals surface area contributed by atoms with E-state index in [0.717, 1.165) is 23.7 Å². The van der Waals surface area contributed by atoms with Gasteiger partial charge < -0.3 is 4.79 Å². The van der Waals surface area contributed by atoms with E-state index in [1.54, 1.807) is 24.3 Å². The molecule has 3 nitrogen and oxygen atoms in total. The van der Waals surface area contributed by atoms with Crippen LogP contribution in [0.2, 0.25) is 0 Å². The van der Waals surface area contributed by atoms with Crippen molar-refractivity contribution < 1.29 is 17.6 Å². The van der Waals surface area contributed by atoms with E-state index in [-0.39, 0.29) is 23.1 Å². The highest BCUT2D eigenvalue weighted by molar-refractivity contribution is 7.90. The van der Waals surface area contributed by atoms with Crippen molar-refractivity contribution in [3.63, 3.8) is 0 Å². The Labute approximate surface area is 123 Å². The first-order chi connectivity index (χ1) is 9.91. The SMILES string of the molecule is CS(=O)(=O)c1ccc([C@@H](CC=O)c2ccc(F)cc2)cc1. The molecule has 0 unspecified atom stereocenters. The molecule has 2 aromatic rings. The van der Waals surface area contributed by atoms with Gasteiger partial charge in [0.2, 0.25) is 0 Å². The van der Waals surface area contributed by atoms with Crippen LogP contribution in [0.3, 0.4) is 0 Å². The predicted molar refractivity (Wildman–Crippen MR) is 78.5 cm³/mol. The lowest BCUT2D eigenvalue weighted by atomic mass is 9.89. The van der Waals surface area contributed by atoms with E-state index < -0.39 is 9.84 Å². The fourth-order valence-electron chi connectivity index (χ4n) is 2.20. The number of carbonyl (C=O) groups excluding carboxylic acids is 1. The van der Waals surface area contributed by atoms with Crippen LogP contribution in [0.15, 0.2) is 53.4 Å². The monoisotopic (exact) mass is 306 g/mol. The molecule has 0 aliphatic rings. The van der Waals surface area contributed by atoms with Gasteiger partial charge in [-0.3, -0.25) is 0 Å². The van der Waals surface area contributed by atoms with Gasteiger partial charge in [0.1, 0.15) is 12.1 Å². The molecule has 0 aliphatic carbocycles. The molecule has 2 aromatic carbocycles. The highest BCUT2D eigenvalue weighted by Crippen LogP contribution is 2.28. The first-order valence-corrected chi connectivity index (χ1v) is 8.30. The summed E-state index contributed by atoms with van der Waals surface area (Å²) in [6, 6.07) is 12.4. The quantitative estimate of drug-likeness (QED) is 0.798. The molecule has 0 heterocycles. The average molecular weight is 306 g/mol. The molecular formula is C16H15FO3S. The smallest absolute Gasteiger partial charge is 0.175 e. The van der Waals surface area contributed by atoms with Gasteiger partial charge in [-0.1, -0.05) is 24.3 Å². The van der Waals surface area contributed by atoms with E-state index >= 15 is 0 Å². The van der Waals surface area contributed by atoms with Gasteiger partial charge in [-0.2, -0.15) is 0 Å². The van der Waals surface area contributed by atoms with Gasteiger partial charge in [0.15, 0.2) is 9.84 Å². The second-order valence-electron chi connectivity index (χ2n) is 4.85. The van der Waals surface area contributed by atoms with Crippen molar-refractivity contribution >= 4 is 16.1 Å². The van der Waals surface area contributed by atoms with Crippen molar-refractivity contribution in [3.8, 4) is 0 Å². The minimum atomic E-state index is -3.25. The molecular weight excluding hydrogens is 291 g/mol. The molecule has 0 fully saturated rings. The molecule has 0 aliphatic heterocycles.